The molecule has 0 aliphatic rings. The summed E-state index contributed by atoms with van der Waals surface area (Å²) in [5.74, 6) is -0.127. The molecule has 0 bridgehead atoms. The smallest absolute Gasteiger partial charge is 0.257 e. The highest BCUT2D eigenvalue weighted by Crippen LogP contribution is 2.17. The summed E-state index contributed by atoms with van der Waals surface area (Å²) < 4.78 is 0. The molecule has 0 aliphatic carbocycles. The lowest BCUT2D eigenvalue weighted by Crippen LogP contribution is -1.92. The second-order valence-corrected chi connectivity index (χ2v) is 2.46. The molecule has 0 unspecified atom stereocenters. The maximum absolute atomic E-state index is 10.5. The van der Waals surface area contributed by atoms with Crippen LogP contribution in [0.2, 0.25) is 0 Å². The summed E-state index contributed by atoms with van der Waals surface area (Å²) in [4.78, 5) is 14.3. The highest BCUT2D eigenvalue weighted by molar-refractivity contribution is 6.68. The minimum absolute atomic E-state index is 0.0391. The van der Waals surface area contributed by atoms with E-state index in [-0.39, 0.29) is 11.3 Å². The molecule has 1 aromatic heterocycles. The lowest BCUT2D eigenvalue weighted by molar-refractivity contribution is 0.107. The van der Waals surface area contributed by atoms with Gasteiger partial charge in [0.25, 0.3) is 5.24 Å². The van der Waals surface area contributed by atoms with Gasteiger partial charge in [-0.05, 0) is 18.5 Å². The molecule has 1 heterocycles. The number of nitrogens with zero attached hydrogens (tertiary/aromatic N) is 1. The number of aryl methyl sites for hydroxylation is 1. The van der Waals surface area contributed by atoms with E-state index < -0.39 is 5.24 Å². The number of carbonyl (C=O) groups excluding carboxylic acids is 1. The summed E-state index contributed by atoms with van der Waals surface area (Å²) in [5.41, 5.74) is 0.682. The minimum atomic E-state index is -0.699. The lowest BCUT2D eigenvalue weighted by Gasteiger charge is -1.97. The lowest BCUT2D eigenvalue weighted by atomic mass is 10.2. The number of rotatable bonds is 1. The van der Waals surface area contributed by atoms with Crippen molar-refractivity contribution < 1.29 is 9.90 Å². The Bertz CT molecular complexity index is 298. The van der Waals surface area contributed by atoms with Crippen LogP contribution in [-0.2, 0) is 0 Å². The van der Waals surface area contributed by atoms with Crippen LogP contribution in [0, 0.1) is 6.92 Å². The number of aromatic hydroxyl groups is 1. The molecule has 0 aliphatic heterocycles. The molecule has 1 aromatic rings. The molecule has 1 rings (SSSR count). The Labute approximate surface area is 68.6 Å². The zero-order chi connectivity index (χ0) is 8.43. The van der Waals surface area contributed by atoms with Gasteiger partial charge < -0.3 is 5.11 Å². The Morgan fingerprint density at radius 2 is 2.36 bits per heavy atom. The van der Waals surface area contributed by atoms with Crippen LogP contribution in [0.25, 0.3) is 0 Å². The average molecular weight is 172 g/mol. The van der Waals surface area contributed by atoms with Crippen LogP contribution >= 0.6 is 11.6 Å². The van der Waals surface area contributed by atoms with Crippen molar-refractivity contribution >= 4 is 16.8 Å². The summed E-state index contributed by atoms with van der Waals surface area (Å²) in [7, 11) is 0. The van der Waals surface area contributed by atoms with Gasteiger partial charge in [0.05, 0.1) is 5.56 Å². The van der Waals surface area contributed by atoms with Gasteiger partial charge in [0.1, 0.15) is 5.75 Å². The highest BCUT2D eigenvalue weighted by atomic mass is 35.5. The van der Waals surface area contributed by atoms with Gasteiger partial charge in [-0.25, -0.2) is 0 Å². The molecule has 11 heavy (non-hydrogen) atoms. The van der Waals surface area contributed by atoms with E-state index in [0.717, 1.165) is 0 Å². The summed E-state index contributed by atoms with van der Waals surface area (Å²) in [5, 5.41) is 8.42. The Kier molecular flexibility index (Phi) is 2.10. The fourth-order valence-electron chi connectivity index (χ4n) is 0.697. The third kappa shape index (κ3) is 1.68. The van der Waals surface area contributed by atoms with Crippen molar-refractivity contribution in [2.75, 3.05) is 0 Å². The summed E-state index contributed by atoms with van der Waals surface area (Å²) >= 11 is 5.12. The van der Waals surface area contributed by atoms with Crippen molar-refractivity contribution in [1.82, 2.24) is 4.98 Å². The fraction of sp³-hybridized carbons (Fsp3) is 0.143. The van der Waals surface area contributed by atoms with Crippen LogP contribution in [0.5, 0.6) is 5.75 Å². The molecule has 0 spiro atoms. The third-order valence-electron chi connectivity index (χ3n) is 1.23. The van der Waals surface area contributed by atoms with Crippen molar-refractivity contribution in [2.24, 2.45) is 0 Å². The first kappa shape index (κ1) is 8.01. The van der Waals surface area contributed by atoms with Crippen LogP contribution in [0.4, 0.5) is 0 Å². The van der Waals surface area contributed by atoms with E-state index in [4.69, 9.17) is 16.7 Å². The maximum atomic E-state index is 10.5. The molecule has 0 atom stereocenters. The molecule has 1 N–H and O–H groups in total. The van der Waals surface area contributed by atoms with E-state index in [0.29, 0.717) is 5.69 Å². The fourth-order valence-corrected chi connectivity index (χ4v) is 0.842. The second kappa shape index (κ2) is 2.88. The van der Waals surface area contributed by atoms with Crippen molar-refractivity contribution in [3.63, 3.8) is 0 Å². The van der Waals surface area contributed by atoms with Crippen LogP contribution < -0.4 is 0 Å². The molecule has 0 aromatic carbocycles. The number of hydrogen-bond donors (Lipinski definition) is 1. The van der Waals surface area contributed by atoms with Crippen LogP contribution in [0.3, 0.4) is 0 Å². The summed E-state index contributed by atoms with van der Waals surface area (Å²) in [6.45, 7) is 1.71. The standard InChI is InChI=1S/C7H6ClNO2/c1-4-2-6(10)5(3-9-4)7(8)11/h2-3H,1H3,(H,9,10). The molecule has 0 saturated carbocycles. The zero-order valence-electron chi connectivity index (χ0n) is 5.84. The molecule has 0 amide bonds. The third-order valence-corrected chi connectivity index (χ3v) is 1.43. The van der Waals surface area contributed by atoms with E-state index in [1.807, 2.05) is 0 Å². The molecular formula is C7H6ClNO2. The quantitative estimate of drug-likeness (QED) is 0.651. The van der Waals surface area contributed by atoms with Crippen LogP contribution in [-0.4, -0.2) is 15.3 Å². The first-order valence-corrected chi connectivity index (χ1v) is 3.34. The highest BCUT2D eigenvalue weighted by Gasteiger charge is 2.07. The average Bonchev–Trinajstić information content (AvgIpc) is 1.85. The maximum Gasteiger partial charge on any atom is 0.257 e. The van der Waals surface area contributed by atoms with E-state index >= 15 is 0 Å². The minimum Gasteiger partial charge on any atom is -0.507 e. The van der Waals surface area contributed by atoms with Gasteiger partial charge in [-0.15, -0.1) is 0 Å². The van der Waals surface area contributed by atoms with Crippen molar-refractivity contribution in [1.29, 1.82) is 0 Å². The van der Waals surface area contributed by atoms with Crippen molar-refractivity contribution in [3.05, 3.63) is 23.5 Å². The topological polar surface area (TPSA) is 50.2 Å². The Balaban J connectivity index is 3.20. The molecule has 58 valence electrons. The Morgan fingerprint density at radius 3 is 2.82 bits per heavy atom. The number of pyridine rings is 1. The van der Waals surface area contributed by atoms with Gasteiger partial charge in [-0.1, -0.05) is 0 Å². The number of hydrogen-bond acceptors (Lipinski definition) is 3. The predicted molar refractivity (Wildman–Crippen MR) is 40.8 cm³/mol. The summed E-state index contributed by atoms with van der Waals surface area (Å²) in [6, 6.07) is 1.38. The Hall–Kier alpha value is -1.09. The zero-order valence-corrected chi connectivity index (χ0v) is 6.59. The van der Waals surface area contributed by atoms with Gasteiger partial charge in [0.2, 0.25) is 0 Å². The largest absolute Gasteiger partial charge is 0.507 e. The van der Waals surface area contributed by atoms with Gasteiger partial charge in [-0.2, -0.15) is 0 Å². The van der Waals surface area contributed by atoms with Crippen molar-refractivity contribution in [2.45, 2.75) is 6.92 Å². The van der Waals surface area contributed by atoms with Gasteiger partial charge >= 0.3 is 0 Å². The molecule has 4 heteroatoms. The van der Waals surface area contributed by atoms with Gasteiger partial charge in [0.15, 0.2) is 0 Å². The van der Waals surface area contributed by atoms with E-state index in [9.17, 15) is 4.79 Å². The van der Waals surface area contributed by atoms with E-state index in [1.54, 1.807) is 6.92 Å². The van der Waals surface area contributed by atoms with Crippen LogP contribution in [0.1, 0.15) is 16.1 Å². The molecule has 0 fully saturated rings. The summed E-state index contributed by atoms with van der Waals surface area (Å²) in [6.07, 6.45) is 1.25. The molecule has 0 radical (unpaired) electrons. The normalized spacial score (nSPS) is 9.64. The predicted octanol–water partition coefficient (Wildman–Crippen LogP) is 1.47. The van der Waals surface area contributed by atoms with Crippen LogP contribution in [0.15, 0.2) is 12.3 Å². The van der Waals surface area contributed by atoms with Crippen molar-refractivity contribution in [3.8, 4) is 5.75 Å². The van der Waals surface area contributed by atoms with Gasteiger partial charge in [-0.3, -0.25) is 9.78 Å². The number of carbonyl (C=O) groups is 1. The number of halogens is 1. The van der Waals surface area contributed by atoms with E-state index in [2.05, 4.69) is 4.98 Å². The second-order valence-electron chi connectivity index (χ2n) is 2.12. The monoisotopic (exact) mass is 171 g/mol. The molecule has 0 saturated heterocycles. The molecule has 3 nitrogen and oxygen atoms in total. The Morgan fingerprint density at radius 1 is 1.73 bits per heavy atom. The SMILES string of the molecule is Cc1cc(O)c(C(=O)Cl)cn1. The number of aromatic nitrogens is 1. The van der Waals surface area contributed by atoms with Gasteiger partial charge in [0, 0.05) is 18.0 Å². The van der Waals surface area contributed by atoms with E-state index in [1.165, 1.54) is 12.3 Å². The first-order chi connectivity index (χ1) is 5.11. The molecular weight excluding hydrogens is 166 g/mol. The first-order valence-electron chi connectivity index (χ1n) is 2.96.